The van der Waals surface area contributed by atoms with Crippen molar-refractivity contribution >= 4 is 11.6 Å². The van der Waals surface area contributed by atoms with Crippen LogP contribution in [0.5, 0.6) is 0 Å². The van der Waals surface area contributed by atoms with Gasteiger partial charge < -0.3 is 9.88 Å². The van der Waals surface area contributed by atoms with Gasteiger partial charge in [-0.05, 0) is 45.6 Å². The van der Waals surface area contributed by atoms with E-state index in [0.29, 0.717) is 19.4 Å². The van der Waals surface area contributed by atoms with E-state index in [4.69, 9.17) is 0 Å². The third-order valence-electron chi connectivity index (χ3n) is 5.52. The van der Waals surface area contributed by atoms with E-state index in [0.717, 1.165) is 65.7 Å². The van der Waals surface area contributed by atoms with Gasteiger partial charge in [-0.2, -0.15) is 5.10 Å². The van der Waals surface area contributed by atoms with E-state index in [-0.39, 0.29) is 5.91 Å². The van der Waals surface area contributed by atoms with E-state index in [2.05, 4.69) is 30.2 Å². The Morgan fingerprint density at radius 1 is 1.18 bits per heavy atom. The minimum Gasteiger partial charge on any atom is -0.349 e. The molecule has 0 spiro atoms. The molecule has 1 aliphatic heterocycles. The Morgan fingerprint density at radius 2 is 2.04 bits per heavy atom. The predicted molar refractivity (Wildman–Crippen MR) is 105 cm³/mol. The van der Waals surface area contributed by atoms with Crippen molar-refractivity contribution in [3.63, 3.8) is 0 Å². The number of carbonyl (C=O) groups excluding carboxylic acids is 1. The zero-order valence-corrected chi connectivity index (χ0v) is 16.8. The number of hydrogen-bond acceptors (Lipinski definition) is 5. The number of aromatic nitrogens is 6. The molecule has 0 bridgehead atoms. The molecular formula is C20H27N7O. The van der Waals surface area contributed by atoms with Crippen molar-refractivity contribution < 1.29 is 4.79 Å². The van der Waals surface area contributed by atoms with Crippen molar-refractivity contribution in [3.05, 3.63) is 40.4 Å². The SMILES string of the molecule is Cc1cc2nc(C)c(CCC(=O)NCc3nnc4n3CCCCC4)c(C)n2n1. The first-order valence-electron chi connectivity index (χ1n) is 10.0. The van der Waals surface area contributed by atoms with Crippen LogP contribution in [0.25, 0.3) is 5.65 Å². The molecule has 1 amide bonds. The van der Waals surface area contributed by atoms with E-state index in [1.807, 2.05) is 31.4 Å². The molecule has 28 heavy (non-hydrogen) atoms. The maximum Gasteiger partial charge on any atom is 0.220 e. The molecule has 0 fully saturated rings. The molecule has 4 heterocycles. The maximum atomic E-state index is 12.4. The summed E-state index contributed by atoms with van der Waals surface area (Å²) in [6.45, 7) is 7.36. The summed E-state index contributed by atoms with van der Waals surface area (Å²) >= 11 is 0. The third-order valence-corrected chi connectivity index (χ3v) is 5.52. The average molecular weight is 381 g/mol. The Balaban J connectivity index is 1.39. The van der Waals surface area contributed by atoms with Crippen LogP contribution in [0.15, 0.2) is 6.07 Å². The molecule has 3 aromatic rings. The largest absolute Gasteiger partial charge is 0.349 e. The highest BCUT2D eigenvalue weighted by molar-refractivity contribution is 5.76. The Labute approximate surface area is 164 Å². The number of rotatable bonds is 5. The summed E-state index contributed by atoms with van der Waals surface area (Å²) in [6, 6.07) is 1.97. The molecule has 4 rings (SSSR count). The molecular weight excluding hydrogens is 354 g/mol. The van der Waals surface area contributed by atoms with Gasteiger partial charge in [0.1, 0.15) is 5.82 Å². The highest BCUT2D eigenvalue weighted by atomic mass is 16.1. The summed E-state index contributed by atoms with van der Waals surface area (Å²) in [5, 5.41) is 16.1. The Kier molecular flexibility index (Phi) is 5.11. The van der Waals surface area contributed by atoms with E-state index in [9.17, 15) is 4.79 Å². The summed E-state index contributed by atoms with van der Waals surface area (Å²) in [7, 11) is 0. The van der Waals surface area contributed by atoms with E-state index >= 15 is 0 Å². The number of nitrogens with zero attached hydrogens (tertiary/aromatic N) is 6. The highest BCUT2D eigenvalue weighted by Crippen LogP contribution is 2.17. The lowest BCUT2D eigenvalue weighted by Gasteiger charge is -2.11. The molecule has 0 saturated heterocycles. The van der Waals surface area contributed by atoms with Crippen molar-refractivity contribution in [1.29, 1.82) is 0 Å². The van der Waals surface area contributed by atoms with E-state index in [1.165, 1.54) is 6.42 Å². The normalized spacial score (nSPS) is 14.1. The van der Waals surface area contributed by atoms with Crippen LogP contribution in [0.4, 0.5) is 0 Å². The second-order valence-corrected chi connectivity index (χ2v) is 7.59. The van der Waals surface area contributed by atoms with E-state index < -0.39 is 0 Å². The fraction of sp³-hybridized carbons (Fsp3) is 0.550. The fourth-order valence-electron chi connectivity index (χ4n) is 3.98. The van der Waals surface area contributed by atoms with Gasteiger partial charge in [0.2, 0.25) is 5.91 Å². The lowest BCUT2D eigenvalue weighted by molar-refractivity contribution is -0.121. The van der Waals surface area contributed by atoms with Crippen LogP contribution in [0.2, 0.25) is 0 Å². The molecule has 1 aliphatic rings. The summed E-state index contributed by atoms with van der Waals surface area (Å²) in [4.78, 5) is 17.1. The van der Waals surface area contributed by atoms with Gasteiger partial charge in [0, 0.05) is 36.8 Å². The van der Waals surface area contributed by atoms with Crippen LogP contribution in [0.3, 0.4) is 0 Å². The molecule has 1 N–H and O–H groups in total. The second-order valence-electron chi connectivity index (χ2n) is 7.59. The highest BCUT2D eigenvalue weighted by Gasteiger charge is 2.16. The van der Waals surface area contributed by atoms with Gasteiger partial charge in [-0.25, -0.2) is 9.50 Å². The van der Waals surface area contributed by atoms with Crippen molar-refractivity contribution in [2.24, 2.45) is 0 Å². The van der Waals surface area contributed by atoms with Gasteiger partial charge in [-0.15, -0.1) is 10.2 Å². The number of carbonyl (C=O) groups is 1. The van der Waals surface area contributed by atoms with Crippen molar-refractivity contribution in [1.82, 2.24) is 34.7 Å². The number of nitrogens with one attached hydrogen (secondary N) is 1. The molecule has 0 aliphatic carbocycles. The molecule has 0 unspecified atom stereocenters. The zero-order valence-electron chi connectivity index (χ0n) is 16.8. The van der Waals surface area contributed by atoms with Gasteiger partial charge in [0.15, 0.2) is 11.5 Å². The lowest BCUT2D eigenvalue weighted by atomic mass is 10.1. The molecule has 3 aromatic heterocycles. The summed E-state index contributed by atoms with van der Waals surface area (Å²) in [5.41, 5.74) is 4.89. The smallest absolute Gasteiger partial charge is 0.220 e. The number of hydrogen-bond donors (Lipinski definition) is 1. The standard InChI is InChI=1S/C20H27N7O/c1-13-11-18-22-14(2)16(15(3)27(18)25-13)8-9-20(28)21-12-19-24-23-17-7-5-4-6-10-26(17)19/h11H,4-10,12H2,1-3H3,(H,21,28). The minimum absolute atomic E-state index is 0.0153. The van der Waals surface area contributed by atoms with Crippen LogP contribution in [-0.2, 0) is 30.7 Å². The fourth-order valence-corrected chi connectivity index (χ4v) is 3.98. The first-order valence-corrected chi connectivity index (χ1v) is 10.0. The molecule has 0 atom stereocenters. The zero-order chi connectivity index (χ0) is 19.7. The molecule has 0 saturated carbocycles. The first-order chi connectivity index (χ1) is 13.5. The quantitative estimate of drug-likeness (QED) is 0.732. The van der Waals surface area contributed by atoms with E-state index in [1.54, 1.807) is 0 Å². The lowest BCUT2D eigenvalue weighted by Crippen LogP contribution is -2.25. The molecule has 0 radical (unpaired) electrons. The Morgan fingerprint density at radius 3 is 2.89 bits per heavy atom. The third kappa shape index (κ3) is 3.63. The maximum absolute atomic E-state index is 12.4. The van der Waals surface area contributed by atoms with Gasteiger partial charge in [-0.3, -0.25) is 4.79 Å². The van der Waals surface area contributed by atoms with Gasteiger partial charge >= 0.3 is 0 Å². The molecule has 8 nitrogen and oxygen atoms in total. The van der Waals surface area contributed by atoms with Crippen LogP contribution < -0.4 is 5.32 Å². The van der Waals surface area contributed by atoms with Crippen LogP contribution in [0, 0.1) is 20.8 Å². The number of aryl methyl sites for hydroxylation is 4. The van der Waals surface area contributed by atoms with Crippen LogP contribution in [-0.4, -0.2) is 35.3 Å². The summed E-state index contributed by atoms with van der Waals surface area (Å²) in [6.07, 6.45) is 5.56. The average Bonchev–Trinajstić information content (AvgIpc) is 3.14. The molecule has 148 valence electrons. The minimum atomic E-state index is 0.0153. The van der Waals surface area contributed by atoms with Crippen molar-refractivity contribution in [2.45, 2.75) is 72.4 Å². The van der Waals surface area contributed by atoms with Crippen LogP contribution >= 0.6 is 0 Å². The van der Waals surface area contributed by atoms with Crippen molar-refractivity contribution in [2.75, 3.05) is 0 Å². The first kappa shape index (κ1) is 18.6. The van der Waals surface area contributed by atoms with Crippen molar-refractivity contribution in [3.8, 4) is 0 Å². The summed E-state index contributed by atoms with van der Waals surface area (Å²) < 4.78 is 4.03. The number of amides is 1. The molecule has 8 heteroatoms. The monoisotopic (exact) mass is 381 g/mol. The Bertz CT molecular complexity index is 1020. The molecule has 0 aromatic carbocycles. The topological polar surface area (TPSA) is 90.0 Å². The second kappa shape index (κ2) is 7.69. The summed E-state index contributed by atoms with van der Waals surface area (Å²) in [5.74, 6) is 1.91. The predicted octanol–water partition coefficient (Wildman–Crippen LogP) is 2.22. The van der Waals surface area contributed by atoms with Gasteiger partial charge in [0.25, 0.3) is 0 Å². The Hall–Kier alpha value is -2.77. The van der Waals surface area contributed by atoms with Crippen LogP contribution in [0.1, 0.15) is 60.0 Å². The number of fused-ring (bicyclic) bond motifs is 2. The van der Waals surface area contributed by atoms with Gasteiger partial charge in [-0.1, -0.05) is 6.42 Å². The van der Waals surface area contributed by atoms with Gasteiger partial charge in [0.05, 0.1) is 12.2 Å².